The van der Waals surface area contributed by atoms with Crippen molar-refractivity contribution >= 4 is 49.7 Å². The minimum atomic E-state index is -0.527. The zero-order valence-electron chi connectivity index (χ0n) is 13.0. The first kappa shape index (κ1) is 17.2. The van der Waals surface area contributed by atoms with Crippen molar-refractivity contribution in [2.75, 3.05) is 4.90 Å². The maximum absolute atomic E-state index is 13.1. The molecule has 0 aliphatic heterocycles. The van der Waals surface area contributed by atoms with Crippen LogP contribution in [0, 0.1) is 17.0 Å². The SMILES string of the molecule is Cc1csc(N(C(=O)c2ccc(Br)c([N+](=O)[O-])c2)c2ccccc2)n1. The Hall–Kier alpha value is -2.58. The van der Waals surface area contributed by atoms with Gasteiger partial charge in [0.2, 0.25) is 0 Å². The molecule has 0 N–H and O–H groups in total. The van der Waals surface area contributed by atoms with E-state index in [0.29, 0.717) is 15.3 Å². The molecule has 0 aliphatic carbocycles. The van der Waals surface area contributed by atoms with Gasteiger partial charge in [0.25, 0.3) is 11.6 Å². The highest BCUT2D eigenvalue weighted by atomic mass is 79.9. The summed E-state index contributed by atoms with van der Waals surface area (Å²) in [5, 5.41) is 13.5. The summed E-state index contributed by atoms with van der Waals surface area (Å²) in [6.07, 6.45) is 0. The number of nitro benzene ring substituents is 1. The zero-order valence-corrected chi connectivity index (χ0v) is 15.5. The third-order valence-corrected chi connectivity index (χ3v) is 5.02. The van der Waals surface area contributed by atoms with E-state index >= 15 is 0 Å². The van der Waals surface area contributed by atoms with Crippen molar-refractivity contribution in [3.63, 3.8) is 0 Å². The predicted molar refractivity (Wildman–Crippen MR) is 101 cm³/mol. The molecule has 6 nitrogen and oxygen atoms in total. The van der Waals surface area contributed by atoms with E-state index in [1.165, 1.54) is 28.4 Å². The molecule has 0 fully saturated rings. The average molecular weight is 418 g/mol. The number of aryl methyl sites for hydroxylation is 1. The molecule has 2 aromatic carbocycles. The van der Waals surface area contributed by atoms with Crippen molar-refractivity contribution in [1.82, 2.24) is 4.98 Å². The lowest BCUT2D eigenvalue weighted by molar-refractivity contribution is -0.385. The van der Waals surface area contributed by atoms with Gasteiger partial charge in [-0.2, -0.15) is 0 Å². The van der Waals surface area contributed by atoms with E-state index in [0.717, 1.165) is 5.69 Å². The van der Waals surface area contributed by atoms with Crippen LogP contribution in [-0.2, 0) is 0 Å². The quantitative estimate of drug-likeness (QED) is 0.436. The van der Waals surface area contributed by atoms with E-state index in [9.17, 15) is 14.9 Å². The first-order valence-corrected chi connectivity index (χ1v) is 8.90. The molecule has 3 aromatic rings. The average Bonchev–Trinajstić information content (AvgIpc) is 3.02. The Morgan fingerprint density at radius 3 is 2.56 bits per heavy atom. The number of nitro groups is 1. The highest BCUT2D eigenvalue weighted by Gasteiger charge is 2.24. The molecule has 126 valence electrons. The van der Waals surface area contributed by atoms with Crippen molar-refractivity contribution in [1.29, 1.82) is 0 Å². The molecule has 0 bridgehead atoms. The van der Waals surface area contributed by atoms with E-state index in [1.54, 1.807) is 18.2 Å². The van der Waals surface area contributed by atoms with Gasteiger partial charge in [-0.25, -0.2) is 4.98 Å². The summed E-state index contributed by atoms with van der Waals surface area (Å²) in [6.45, 7) is 1.85. The van der Waals surface area contributed by atoms with Crippen LogP contribution in [-0.4, -0.2) is 15.8 Å². The van der Waals surface area contributed by atoms with Crippen LogP contribution in [0.2, 0.25) is 0 Å². The number of carbonyl (C=O) groups excluding carboxylic acids is 1. The Morgan fingerprint density at radius 2 is 1.96 bits per heavy atom. The standard InChI is InChI=1S/C17H12BrN3O3S/c1-11-10-25-17(19-11)20(13-5-3-2-4-6-13)16(22)12-7-8-14(18)15(9-12)21(23)24/h2-10H,1H3. The van der Waals surface area contributed by atoms with Crippen molar-refractivity contribution in [2.24, 2.45) is 0 Å². The Balaban J connectivity index is 2.09. The number of aromatic nitrogens is 1. The van der Waals surface area contributed by atoms with Gasteiger partial charge in [-0.3, -0.25) is 19.8 Å². The smallest absolute Gasteiger partial charge is 0.268 e. The molecule has 0 atom stereocenters. The van der Waals surface area contributed by atoms with Gasteiger partial charge in [0.15, 0.2) is 5.13 Å². The molecule has 8 heteroatoms. The van der Waals surface area contributed by atoms with Crippen LogP contribution in [0.4, 0.5) is 16.5 Å². The fourth-order valence-electron chi connectivity index (χ4n) is 2.25. The van der Waals surface area contributed by atoms with E-state index in [2.05, 4.69) is 20.9 Å². The summed E-state index contributed by atoms with van der Waals surface area (Å²) in [6, 6.07) is 13.4. The van der Waals surface area contributed by atoms with Gasteiger partial charge < -0.3 is 0 Å². The van der Waals surface area contributed by atoms with Gasteiger partial charge in [0, 0.05) is 17.0 Å². The lowest BCUT2D eigenvalue weighted by atomic mass is 10.1. The topological polar surface area (TPSA) is 76.3 Å². The molecule has 1 heterocycles. The Morgan fingerprint density at radius 1 is 1.24 bits per heavy atom. The van der Waals surface area contributed by atoms with Gasteiger partial charge in [-0.05, 0) is 47.1 Å². The van der Waals surface area contributed by atoms with Crippen LogP contribution >= 0.6 is 27.3 Å². The Labute approximate surface area is 156 Å². The number of hydrogen-bond acceptors (Lipinski definition) is 5. The largest absolute Gasteiger partial charge is 0.284 e. The number of benzene rings is 2. The number of halogens is 1. The predicted octanol–water partition coefficient (Wildman–Crippen LogP) is 5.10. The normalized spacial score (nSPS) is 10.5. The van der Waals surface area contributed by atoms with Crippen LogP contribution in [0.1, 0.15) is 16.1 Å². The maximum Gasteiger partial charge on any atom is 0.284 e. The minimum absolute atomic E-state index is 0.158. The van der Waals surface area contributed by atoms with E-state index in [4.69, 9.17) is 0 Å². The van der Waals surface area contributed by atoms with Gasteiger partial charge in [0.05, 0.1) is 20.8 Å². The number of rotatable bonds is 4. The Kier molecular flexibility index (Phi) is 4.91. The number of anilines is 2. The highest BCUT2D eigenvalue weighted by molar-refractivity contribution is 9.10. The number of para-hydroxylation sites is 1. The van der Waals surface area contributed by atoms with E-state index in [-0.39, 0.29) is 17.2 Å². The van der Waals surface area contributed by atoms with Crippen molar-refractivity contribution in [3.05, 3.63) is 79.8 Å². The monoisotopic (exact) mass is 417 g/mol. The molecule has 0 spiro atoms. The second-order valence-corrected chi connectivity index (χ2v) is 6.86. The number of nitrogens with zero attached hydrogens (tertiary/aromatic N) is 3. The lowest BCUT2D eigenvalue weighted by Gasteiger charge is -2.20. The third-order valence-electron chi connectivity index (χ3n) is 3.41. The van der Waals surface area contributed by atoms with Crippen LogP contribution in [0.3, 0.4) is 0 Å². The second kappa shape index (κ2) is 7.12. The summed E-state index contributed by atoms with van der Waals surface area (Å²) in [7, 11) is 0. The number of hydrogen-bond donors (Lipinski definition) is 0. The van der Waals surface area contributed by atoms with Gasteiger partial charge >= 0.3 is 0 Å². The van der Waals surface area contributed by atoms with Crippen molar-refractivity contribution < 1.29 is 9.72 Å². The molecule has 0 saturated heterocycles. The summed E-state index contributed by atoms with van der Waals surface area (Å²) < 4.78 is 0.324. The molecular formula is C17H12BrN3O3S. The highest BCUT2D eigenvalue weighted by Crippen LogP contribution is 2.32. The van der Waals surface area contributed by atoms with Gasteiger partial charge in [-0.1, -0.05) is 18.2 Å². The Bertz CT molecular complexity index is 943. The summed E-state index contributed by atoms with van der Waals surface area (Å²) in [4.78, 5) is 29.6. The van der Waals surface area contributed by atoms with Crippen LogP contribution in [0.15, 0.2) is 58.4 Å². The molecular weight excluding hydrogens is 406 g/mol. The fraction of sp³-hybridized carbons (Fsp3) is 0.0588. The van der Waals surface area contributed by atoms with E-state index < -0.39 is 4.92 Å². The number of amides is 1. The second-order valence-electron chi connectivity index (χ2n) is 5.17. The van der Waals surface area contributed by atoms with Crippen molar-refractivity contribution in [3.8, 4) is 0 Å². The van der Waals surface area contributed by atoms with E-state index in [1.807, 2.05) is 30.5 Å². The zero-order chi connectivity index (χ0) is 18.0. The third kappa shape index (κ3) is 3.59. The maximum atomic E-state index is 13.1. The molecule has 1 aromatic heterocycles. The minimum Gasteiger partial charge on any atom is -0.268 e. The lowest BCUT2D eigenvalue weighted by Crippen LogP contribution is -2.26. The molecule has 0 aliphatic rings. The molecule has 0 unspecified atom stereocenters. The molecule has 0 radical (unpaired) electrons. The first-order valence-electron chi connectivity index (χ1n) is 7.23. The number of thiazole rings is 1. The summed E-state index contributed by atoms with van der Waals surface area (Å²) in [5.74, 6) is -0.379. The summed E-state index contributed by atoms with van der Waals surface area (Å²) >= 11 is 4.47. The van der Waals surface area contributed by atoms with Crippen LogP contribution in [0.5, 0.6) is 0 Å². The van der Waals surface area contributed by atoms with Crippen LogP contribution in [0.25, 0.3) is 0 Å². The fourth-order valence-corrected chi connectivity index (χ4v) is 3.46. The van der Waals surface area contributed by atoms with Gasteiger partial charge in [0.1, 0.15) is 0 Å². The summed E-state index contributed by atoms with van der Waals surface area (Å²) in [5.41, 5.74) is 1.50. The molecule has 1 amide bonds. The number of carbonyl (C=O) groups is 1. The molecule has 3 rings (SSSR count). The van der Waals surface area contributed by atoms with Crippen LogP contribution < -0.4 is 4.90 Å². The van der Waals surface area contributed by atoms with Crippen molar-refractivity contribution in [2.45, 2.75) is 6.92 Å². The first-order chi connectivity index (χ1) is 12.0. The molecule has 25 heavy (non-hydrogen) atoms. The molecule has 0 saturated carbocycles. The van der Waals surface area contributed by atoms with Gasteiger partial charge in [-0.15, -0.1) is 11.3 Å².